The summed E-state index contributed by atoms with van der Waals surface area (Å²) in [6, 6.07) is -0.928. The van der Waals surface area contributed by atoms with Crippen LogP contribution >= 0.6 is 0 Å². The first-order valence-corrected chi connectivity index (χ1v) is 7.49. The third-order valence-electron chi connectivity index (χ3n) is 4.17. The number of carboxylic acids is 1. The first kappa shape index (κ1) is 15.6. The van der Waals surface area contributed by atoms with Gasteiger partial charge in [-0.25, -0.2) is 9.59 Å². The van der Waals surface area contributed by atoms with Crippen molar-refractivity contribution >= 4 is 18.0 Å². The number of hydrogen-bond acceptors (Lipinski definition) is 4. The first-order valence-electron chi connectivity index (χ1n) is 7.49. The summed E-state index contributed by atoms with van der Waals surface area (Å²) in [4.78, 5) is 38.3. The van der Waals surface area contributed by atoms with E-state index in [2.05, 4.69) is 0 Å². The molecular weight excluding hydrogens is 276 g/mol. The average Bonchev–Trinajstić information content (AvgIpc) is 2.96. The number of urea groups is 1. The number of carbonyl (C=O) groups excluding carboxylic acids is 2. The van der Waals surface area contributed by atoms with Gasteiger partial charge in [0, 0.05) is 19.6 Å². The summed E-state index contributed by atoms with van der Waals surface area (Å²) in [5.41, 5.74) is 0. The summed E-state index contributed by atoms with van der Waals surface area (Å²) < 4.78 is 4.99. The molecule has 2 rings (SSSR count). The monoisotopic (exact) mass is 298 g/mol. The number of carbonyl (C=O) groups is 3. The Hall–Kier alpha value is -1.79. The van der Waals surface area contributed by atoms with Gasteiger partial charge in [-0.05, 0) is 32.6 Å². The SMILES string of the molecule is CCOC(=O)C1CCN(C(=O)N2CCC[C@H]2C(=O)O)CC1. The molecule has 0 radical (unpaired) electrons. The van der Waals surface area contributed by atoms with E-state index in [9.17, 15) is 14.4 Å². The minimum Gasteiger partial charge on any atom is -0.480 e. The van der Waals surface area contributed by atoms with Crippen LogP contribution in [0.1, 0.15) is 32.6 Å². The number of amides is 2. The molecule has 0 aromatic heterocycles. The van der Waals surface area contributed by atoms with Gasteiger partial charge in [0.15, 0.2) is 0 Å². The highest BCUT2D eigenvalue weighted by Gasteiger charge is 2.37. The van der Waals surface area contributed by atoms with Crippen molar-refractivity contribution in [2.24, 2.45) is 5.92 Å². The number of likely N-dealkylation sites (tertiary alicyclic amines) is 2. The minimum absolute atomic E-state index is 0.150. The maximum Gasteiger partial charge on any atom is 0.326 e. The fourth-order valence-electron chi connectivity index (χ4n) is 3.00. The number of hydrogen-bond donors (Lipinski definition) is 1. The van der Waals surface area contributed by atoms with Crippen LogP contribution in [-0.2, 0) is 14.3 Å². The van der Waals surface area contributed by atoms with Crippen molar-refractivity contribution < 1.29 is 24.2 Å². The number of carboxylic acid groups (broad SMARTS) is 1. The maximum atomic E-state index is 12.4. The molecule has 0 saturated carbocycles. The zero-order valence-electron chi connectivity index (χ0n) is 12.3. The molecule has 21 heavy (non-hydrogen) atoms. The fourth-order valence-corrected chi connectivity index (χ4v) is 3.00. The van der Waals surface area contributed by atoms with Crippen LogP contribution in [0.5, 0.6) is 0 Å². The van der Waals surface area contributed by atoms with Crippen LogP contribution in [0.4, 0.5) is 4.79 Å². The molecule has 118 valence electrons. The highest BCUT2D eigenvalue weighted by Crippen LogP contribution is 2.23. The first-order chi connectivity index (χ1) is 10.0. The van der Waals surface area contributed by atoms with Crippen LogP contribution in [0.2, 0.25) is 0 Å². The van der Waals surface area contributed by atoms with Gasteiger partial charge in [0.25, 0.3) is 0 Å². The third kappa shape index (κ3) is 3.46. The number of aliphatic carboxylic acids is 1. The number of nitrogens with zero attached hydrogens (tertiary/aromatic N) is 2. The summed E-state index contributed by atoms with van der Waals surface area (Å²) in [5, 5.41) is 9.13. The van der Waals surface area contributed by atoms with E-state index in [0.717, 1.165) is 6.42 Å². The average molecular weight is 298 g/mol. The van der Waals surface area contributed by atoms with E-state index in [0.29, 0.717) is 45.5 Å². The van der Waals surface area contributed by atoms with Crippen molar-refractivity contribution in [1.82, 2.24) is 9.80 Å². The lowest BCUT2D eigenvalue weighted by atomic mass is 9.97. The Balaban J connectivity index is 1.88. The molecule has 2 aliphatic heterocycles. The summed E-state index contributed by atoms with van der Waals surface area (Å²) in [6.07, 6.45) is 2.40. The Kier molecular flexibility index (Phi) is 5.03. The Morgan fingerprint density at radius 3 is 2.38 bits per heavy atom. The smallest absolute Gasteiger partial charge is 0.326 e. The van der Waals surface area contributed by atoms with Crippen molar-refractivity contribution in [2.45, 2.75) is 38.6 Å². The molecule has 7 nitrogen and oxygen atoms in total. The second kappa shape index (κ2) is 6.78. The topological polar surface area (TPSA) is 87.2 Å². The zero-order valence-corrected chi connectivity index (χ0v) is 12.3. The molecule has 7 heteroatoms. The Bertz CT molecular complexity index is 418. The number of rotatable bonds is 3. The second-order valence-electron chi connectivity index (χ2n) is 5.49. The van der Waals surface area contributed by atoms with Gasteiger partial charge >= 0.3 is 18.0 Å². The molecule has 0 aliphatic carbocycles. The summed E-state index contributed by atoms with van der Waals surface area (Å²) >= 11 is 0. The van der Waals surface area contributed by atoms with Crippen molar-refractivity contribution in [1.29, 1.82) is 0 Å². The van der Waals surface area contributed by atoms with E-state index in [1.165, 1.54) is 4.90 Å². The van der Waals surface area contributed by atoms with E-state index in [4.69, 9.17) is 9.84 Å². The Morgan fingerprint density at radius 2 is 1.81 bits per heavy atom. The van der Waals surface area contributed by atoms with Gasteiger partial charge in [0.2, 0.25) is 0 Å². The number of piperidine rings is 1. The highest BCUT2D eigenvalue weighted by molar-refractivity contribution is 5.83. The standard InChI is InChI=1S/C14H22N2O5/c1-2-21-13(19)10-5-8-15(9-6-10)14(20)16-7-3-4-11(16)12(17)18/h10-11H,2-9H2,1H3,(H,17,18)/t11-/m0/s1. The van der Waals surface area contributed by atoms with Crippen LogP contribution < -0.4 is 0 Å². The molecule has 2 aliphatic rings. The molecule has 0 aromatic rings. The van der Waals surface area contributed by atoms with Gasteiger partial charge in [0.1, 0.15) is 6.04 Å². The van der Waals surface area contributed by atoms with Gasteiger partial charge in [-0.3, -0.25) is 4.79 Å². The van der Waals surface area contributed by atoms with Gasteiger partial charge < -0.3 is 19.6 Å². The lowest BCUT2D eigenvalue weighted by Crippen LogP contribution is -2.50. The summed E-state index contributed by atoms with van der Waals surface area (Å²) in [6.45, 7) is 3.59. The largest absolute Gasteiger partial charge is 0.480 e. The van der Waals surface area contributed by atoms with Crippen LogP contribution in [-0.4, -0.2) is 65.2 Å². The van der Waals surface area contributed by atoms with Crippen molar-refractivity contribution in [2.75, 3.05) is 26.2 Å². The molecule has 1 N–H and O–H groups in total. The Labute approximate surface area is 123 Å². The van der Waals surface area contributed by atoms with Crippen LogP contribution in [0.15, 0.2) is 0 Å². The molecule has 0 unspecified atom stereocenters. The summed E-state index contributed by atoms with van der Waals surface area (Å²) in [5.74, 6) is -1.29. The molecule has 0 bridgehead atoms. The molecule has 0 spiro atoms. The zero-order chi connectivity index (χ0) is 15.4. The molecule has 1 atom stereocenters. The predicted molar refractivity (Wildman–Crippen MR) is 73.7 cm³/mol. The van der Waals surface area contributed by atoms with Crippen LogP contribution in [0, 0.1) is 5.92 Å². The number of ether oxygens (including phenoxy) is 1. The molecule has 2 fully saturated rings. The normalized spacial score (nSPS) is 23.2. The maximum absolute atomic E-state index is 12.4. The van der Waals surface area contributed by atoms with E-state index >= 15 is 0 Å². The van der Waals surface area contributed by atoms with Crippen LogP contribution in [0.25, 0.3) is 0 Å². The molecule has 2 amide bonds. The molecule has 0 aromatic carbocycles. The van der Waals surface area contributed by atoms with Crippen LogP contribution in [0.3, 0.4) is 0 Å². The molecule has 2 saturated heterocycles. The minimum atomic E-state index is -0.942. The Morgan fingerprint density at radius 1 is 1.14 bits per heavy atom. The van der Waals surface area contributed by atoms with E-state index in [1.54, 1.807) is 11.8 Å². The van der Waals surface area contributed by atoms with Gasteiger partial charge in [-0.1, -0.05) is 0 Å². The van der Waals surface area contributed by atoms with E-state index in [-0.39, 0.29) is 17.9 Å². The number of esters is 1. The molecule has 2 heterocycles. The lowest BCUT2D eigenvalue weighted by Gasteiger charge is -2.34. The predicted octanol–water partition coefficient (Wildman–Crippen LogP) is 0.930. The van der Waals surface area contributed by atoms with E-state index in [1.807, 2.05) is 0 Å². The van der Waals surface area contributed by atoms with Crippen molar-refractivity contribution in [3.8, 4) is 0 Å². The third-order valence-corrected chi connectivity index (χ3v) is 4.17. The van der Waals surface area contributed by atoms with E-state index < -0.39 is 12.0 Å². The van der Waals surface area contributed by atoms with Crippen molar-refractivity contribution in [3.05, 3.63) is 0 Å². The highest BCUT2D eigenvalue weighted by atomic mass is 16.5. The lowest BCUT2D eigenvalue weighted by molar-refractivity contribution is -0.149. The van der Waals surface area contributed by atoms with Gasteiger partial charge in [0.05, 0.1) is 12.5 Å². The van der Waals surface area contributed by atoms with Gasteiger partial charge in [-0.2, -0.15) is 0 Å². The molecular formula is C14H22N2O5. The second-order valence-corrected chi connectivity index (χ2v) is 5.49. The van der Waals surface area contributed by atoms with Crippen molar-refractivity contribution in [3.63, 3.8) is 0 Å². The summed E-state index contributed by atoms with van der Waals surface area (Å²) in [7, 11) is 0. The van der Waals surface area contributed by atoms with Gasteiger partial charge in [-0.15, -0.1) is 0 Å². The quantitative estimate of drug-likeness (QED) is 0.783. The fraction of sp³-hybridized carbons (Fsp3) is 0.786.